The van der Waals surface area contributed by atoms with Gasteiger partial charge in [0, 0.05) is 25.4 Å². The summed E-state index contributed by atoms with van der Waals surface area (Å²) in [6.07, 6.45) is 2.84. The van der Waals surface area contributed by atoms with Gasteiger partial charge in [0.05, 0.1) is 10.6 Å². The van der Waals surface area contributed by atoms with Gasteiger partial charge in [0.15, 0.2) is 0 Å². The zero-order valence-electron chi connectivity index (χ0n) is 14.3. The van der Waals surface area contributed by atoms with Crippen LogP contribution in [0.2, 0.25) is 5.02 Å². The Hall–Kier alpha value is -1.53. The number of carbonyl (C=O) groups is 1. The van der Waals surface area contributed by atoms with Gasteiger partial charge < -0.3 is 4.90 Å². The van der Waals surface area contributed by atoms with Crippen molar-refractivity contribution in [3.63, 3.8) is 0 Å². The maximum atomic E-state index is 13.2. The van der Waals surface area contributed by atoms with Crippen molar-refractivity contribution in [1.29, 1.82) is 0 Å². The van der Waals surface area contributed by atoms with E-state index in [1.807, 2.05) is 0 Å². The average molecular weight is 382 g/mol. The standard InChI is InChI=1S/C18H21ClFN3OS/c1-11(2)8-16-21-22-17(25-16)12-4-3-7-23(10-12)18(24)14-6-5-13(20)9-15(14)19/h5-6,9,11-12H,3-4,7-8,10H2,1-2H3. The van der Waals surface area contributed by atoms with E-state index >= 15 is 0 Å². The van der Waals surface area contributed by atoms with Gasteiger partial charge in [-0.25, -0.2) is 4.39 Å². The van der Waals surface area contributed by atoms with Gasteiger partial charge in [-0.1, -0.05) is 25.4 Å². The van der Waals surface area contributed by atoms with Crippen molar-refractivity contribution >= 4 is 28.8 Å². The van der Waals surface area contributed by atoms with Crippen LogP contribution in [0.5, 0.6) is 0 Å². The Balaban J connectivity index is 1.72. The predicted octanol–water partition coefficient (Wildman–Crippen LogP) is 4.55. The molecule has 25 heavy (non-hydrogen) atoms. The van der Waals surface area contributed by atoms with E-state index in [2.05, 4.69) is 24.0 Å². The third-order valence-corrected chi connectivity index (χ3v) is 5.71. The topological polar surface area (TPSA) is 46.1 Å². The van der Waals surface area contributed by atoms with Crippen LogP contribution < -0.4 is 0 Å². The molecule has 0 saturated carbocycles. The molecule has 1 atom stereocenters. The summed E-state index contributed by atoms with van der Waals surface area (Å²) in [5, 5.41) is 10.8. The average Bonchev–Trinajstić information content (AvgIpc) is 3.02. The molecule has 134 valence electrons. The Morgan fingerprint density at radius 2 is 2.24 bits per heavy atom. The van der Waals surface area contributed by atoms with Crippen LogP contribution in [0.1, 0.15) is 53.0 Å². The van der Waals surface area contributed by atoms with E-state index in [9.17, 15) is 9.18 Å². The summed E-state index contributed by atoms with van der Waals surface area (Å²) in [6, 6.07) is 3.90. The Kier molecular flexibility index (Phi) is 5.69. The van der Waals surface area contributed by atoms with Gasteiger partial charge in [0.1, 0.15) is 15.8 Å². The van der Waals surface area contributed by atoms with Crippen molar-refractivity contribution in [1.82, 2.24) is 15.1 Å². The molecule has 1 unspecified atom stereocenters. The van der Waals surface area contributed by atoms with Crippen molar-refractivity contribution in [3.8, 4) is 0 Å². The molecule has 1 fully saturated rings. The Morgan fingerprint density at radius 3 is 2.96 bits per heavy atom. The summed E-state index contributed by atoms with van der Waals surface area (Å²) in [6.45, 7) is 5.60. The van der Waals surface area contributed by atoms with E-state index in [1.165, 1.54) is 18.2 Å². The normalized spacial score (nSPS) is 18.0. The number of hydrogen-bond donors (Lipinski definition) is 0. The van der Waals surface area contributed by atoms with Crippen LogP contribution in [-0.2, 0) is 6.42 Å². The fraction of sp³-hybridized carbons (Fsp3) is 0.500. The number of amides is 1. The van der Waals surface area contributed by atoms with Crippen molar-refractivity contribution < 1.29 is 9.18 Å². The maximum Gasteiger partial charge on any atom is 0.255 e. The molecular formula is C18H21ClFN3OS. The zero-order valence-corrected chi connectivity index (χ0v) is 15.9. The molecule has 3 rings (SSSR count). The number of benzene rings is 1. The van der Waals surface area contributed by atoms with Gasteiger partial charge in [-0.15, -0.1) is 21.5 Å². The van der Waals surface area contributed by atoms with Crippen LogP contribution in [-0.4, -0.2) is 34.1 Å². The second-order valence-electron chi connectivity index (χ2n) is 6.85. The molecule has 2 heterocycles. The first-order chi connectivity index (χ1) is 11.9. The molecule has 2 aromatic rings. The predicted molar refractivity (Wildman–Crippen MR) is 97.7 cm³/mol. The van der Waals surface area contributed by atoms with Gasteiger partial charge in [0.2, 0.25) is 0 Å². The number of hydrogen-bond acceptors (Lipinski definition) is 4. The van der Waals surface area contributed by atoms with E-state index in [0.717, 1.165) is 29.3 Å². The zero-order chi connectivity index (χ0) is 18.0. The van der Waals surface area contributed by atoms with Crippen LogP contribution in [0.25, 0.3) is 0 Å². The minimum atomic E-state index is -0.440. The molecule has 4 nitrogen and oxygen atoms in total. The summed E-state index contributed by atoms with van der Waals surface area (Å²) < 4.78 is 13.2. The number of halogens is 2. The SMILES string of the molecule is CC(C)Cc1nnc(C2CCCN(C(=O)c3ccc(F)cc3Cl)C2)s1. The van der Waals surface area contributed by atoms with Crippen LogP contribution in [0, 0.1) is 11.7 Å². The molecule has 0 bridgehead atoms. The highest BCUT2D eigenvalue weighted by molar-refractivity contribution is 7.11. The van der Waals surface area contributed by atoms with Gasteiger partial charge in [0.25, 0.3) is 5.91 Å². The van der Waals surface area contributed by atoms with Gasteiger partial charge in [-0.2, -0.15) is 0 Å². The lowest BCUT2D eigenvalue weighted by Crippen LogP contribution is -2.39. The minimum absolute atomic E-state index is 0.151. The number of carbonyl (C=O) groups excluding carboxylic acids is 1. The fourth-order valence-corrected chi connectivity index (χ4v) is 4.49. The molecule has 1 aliphatic rings. The molecule has 1 aromatic heterocycles. The first kappa shape index (κ1) is 18.3. The molecule has 1 aliphatic heterocycles. The number of likely N-dealkylation sites (tertiary alicyclic amines) is 1. The summed E-state index contributed by atoms with van der Waals surface area (Å²) >= 11 is 7.69. The van der Waals surface area contributed by atoms with Gasteiger partial charge in [-0.3, -0.25) is 4.79 Å². The van der Waals surface area contributed by atoms with E-state index < -0.39 is 5.82 Å². The van der Waals surface area contributed by atoms with E-state index in [0.29, 0.717) is 24.6 Å². The Labute approximate surface area is 156 Å². The molecule has 1 aromatic carbocycles. The number of aromatic nitrogens is 2. The third kappa shape index (κ3) is 4.36. The van der Waals surface area contributed by atoms with Crippen molar-refractivity contribution in [2.75, 3.05) is 13.1 Å². The molecule has 0 N–H and O–H groups in total. The second kappa shape index (κ2) is 7.79. The molecule has 1 saturated heterocycles. The van der Waals surface area contributed by atoms with Crippen LogP contribution in [0.15, 0.2) is 18.2 Å². The highest BCUT2D eigenvalue weighted by Gasteiger charge is 2.28. The highest BCUT2D eigenvalue weighted by atomic mass is 35.5. The molecule has 0 spiro atoms. The largest absolute Gasteiger partial charge is 0.338 e. The number of nitrogens with zero attached hydrogens (tertiary/aromatic N) is 3. The molecule has 0 radical (unpaired) electrons. The first-order valence-electron chi connectivity index (χ1n) is 8.50. The maximum absolute atomic E-state index is 13.2. The highest BCUT2D eigenvalue weighted by Crippen LogP contribution is 2.31. The molecule has 1 amide bonds. The molecular weight excluding hydrogens is 361 g/mol. The smallest absolute Gasteiger partial charge is 0.255 e. The van der Waals surface area contributed by atoms with Gasteiger partial charge >= 0.3 is 0 Å². The summed E-state index contributed by atoms with van der Waals surface area (Å²) in [5.74, 6) is 0.160. The van der Waals surface area contributed by atoms with Crippen molar-refractivity contribution in [3.05, 3.63) is 44.6 Å². The van der Waals surface area contributed by atoms with Crippen LogP contribution in [0.3, 0.4) is 0 Å². The second-order valence-corrected chi connectivity index (χ2v) is 8.35. The van der Waals surface area contributed by atoms with Gasteiger partial charge in [-0.05, 0) is 37.0 Å². The summed E-state index contributed by atoms with van der Waals surface area (Å²) in [5.41, 5.74) is 0.349. The fourth-order valence-electron chi connectivity index (χ4n) is 3.06. The summed E-state index contributed by atoms with van der Waals surface area (Å²) in [4.78, 5) is 14.5. The molecule has 0 aliphatic carbocycles. The minimum Gasteiger partial charge on any atom is -0.338 e. The lowest BCUT2D eigenvalue weighted by Gasteiger charge is -2.31. The lowest BCUT2D eigenvalue weighted by molar-refractivity contribution is 0.0707. The van der Waals surface area contributed by atoms with Crippen molar-refractivity contribution in [2.24, 2.45) is 5.92 Å². The Morgan fingerprint density at radius 1 is 1.44 bits per heavy atom. The molecule has 7 heteroatoms. The Bertz CT molecular complexity index is 765. The van der Waals surface area contributed by atoms with Crippen LogP contribution in [0.4, 0.5) is 4.39 Å². The van der Waals surface area contributed by atoms with Crippen LogP contribution >= 0.6 is 22.9 Å². The quantitative estimate of drug-likeness (QED) is 0.780. The number of piperidine rings is 1. The monoisotopic (exact) mass is 381 g/mol. The summed E-state index contributed by atoms with van der Waals surface area (Å²) in [7, 11) is 0. The van der Waals surface area contributed by atoms with E-state index in [4.69, 9.17) is 11.6 Å². The lowest BCUT2D eigenvalue weighted by atomic mass is 9.98. The first-order valence-corrected chi connectivity index (χ1v) is 9.70. The number of rotatable bonds is 4. The van der Waals surface area contributed by atoms with E-state index in [-0.39, 0.29) is 16.8 Å². The van der Waals surface area contributed by atoms with E-state index in [1.54, 1.807) is 16.2 Å². The van der Waals surface area contributed by atoms with Crippen molar-refractivity contribution in [2.45, 2.75) is 39.0 Å². The third-order valence-electron chi connectivity index (χ3n) is 4.28.